The summed E-state index contributed by atoms with van der Waals surface area (Å²) in [6.45, 7) is 6.87. The van der Waals surface area contributed by atoms with E-state index >= 15 is 0 Å². The van der Waals surface area contributed by atoms with E-state index in [9.17, 15) is 4.79 Å². The van der Waals surface area contributed by atoms with Gasteiger partial charge >= 0.3 is 0 Å². The van der Waals surface area contributed by atoms with E-state index in [1.165, 1.54) is 12.8 Å². The number of hydrogen-bond donors (Lipinski definition) is 0. The molecular formula is C18H24N2O2. The predicted octanol–water partition coefficient (Wildman–Crippen LogP) is 3.62. The van der Waals surface area contributed by atoms with Crippen molar-refractivity contribution in [2.24, 2.45) is 5.92 Å². The number of nitrogens with zero attached hydrogens (tertiary/aromatic N) is 2. The van der Waals surface area contributed by atoms with Crippen LogP contribution in [0, 0.1) is 19.8 Å². The first kappa shape index (κ1) is 14.9. The van der Waals surface area contributed by atoms with Gasteiger partial charge in [-0.2, -0.15) is 0 Å². The number of carbonyl (C=O) groups excluding carboxylic acids is 1. The number of carbonyl (C=O) groups is 1. The zero-order chi connectivity index (χ0) is 15.9. The van der Waals surface area contributed by atoms with Crippen LogP contribution in [0.15, 0.2) is 28.9 Å². The van der Waals surface area contributed by atoms with Crippen LogP contribution < -0.4 is 0 Å². The molecule has 1 atom stereocenters. The van der Waals surface area contributed by atoms with Crippen molar-refractivity contribution >= 4 is 5.91 Å². The minimum absolute atomic E-state index is 0.123. The standard InChI is InChI=1S/C18H24N2O2/c1-12-10-17(18(21)19(4)13(2)15-7-8-15)14(3)20(12)11-16-6-5-9-22-16/h5-6,9-10,13,15H,7-8,11H2,1-4H3. The van der Waals surface area contributed by atoms with E-state index in [0.29, 0.717) is 18.5 Å². The minimum atomic E-state index is 0.123. The van der Waals surface area contributed by atoms with Gasteiger partial charge in [-0.15, -0.1) is 0 Å². The van der Waals surface area contributed by atoms with Gasteiger partial charge in [-0.3, -0.25) is 4.79 Å². The molecule has 118 valence electrons. The summed E-state index contributed by atoms with van der Waals surface area (Å²) in [4.78, 5) is 14.7. The fraction of sp³-hybridized carbons (Fsp3) is 0.500. The Balaban J connectivity index is 1.83. The van der Waals surface area contributed by atoms with Gasteiger partial charge < -0.3 is 13.9 Å². The summed E-state index contributed by atoms with van der Waals surface area (Å²) in [5.41, 5.74) is 2.90. The maximum atomic E-state index is 12.8. The second-order valence-corrected chi connectivity index (χ2v) is 6.44. The molecule has 0 spiro atoms. The first-order valence-electron chi connectivity index (χ1n) is 7.95. The third kappa shape index (κ3) is 2.70. The highest BCUT2D eigenvalue weighted by atomic mass is 16.3. The molecule has 1 fully saturated rings. The van der Waals surface area contributed by atoms with Crippen LogP contribution in [0.25, 0.3) is 0 Å². The lowest BCUT2D eigenvalue weighted by atomic mass is 10.1. The molecule has 0 aromatic carbocycles. The molecule has 1 saturated carbocycles. The first-order chi connectivity index (χ1) is 10.5. The summed E-state index contributed by atoms with van der Waals surface area (Å²) < 4.78 is 7.57. The molecule has 2 heterocycles. The Bertz CT molecular complexity index is 666. The summed E-state index contributed by atoms with van der Waals surface area (Å²) in [5.74, 6) is 1.71. The van der Waals surface area contributed by atoms with Gasteiger partial charge in [0.1, 0.15) is 5.76 Å². The van der Waals surface area contributed by atoms with Gasteiger partial charge in [0.25, 0.3) is 5.91 Å². The molecule has 0 N–H and O–H groups in total. The SMILES string of the molecule is Cc1cc(C(=O)N(C)C(C)C2CC2)c(C)n1Cc1ccco1. The number of aromatic nitrogens is 1. The van der Waals surface area contributed by atoms with Crippen molar-refractivity contribution < 1.29 is 9.21 Å². The fourth-order valence-corrected chi connectivity index (χ4v) is 3.09. The van der Waals surface area contributed by atoms with Gasteiger partial charge in [0.2, 0.25) is 0 Å². The van der Waals surface area contributed by atoms with E-state index in [1.807, 2.05) is 44.0 Å². The molecule has 2 aromatic rings. The van der Waals surface area contributed by atoms with Crippen molar-refractivity contribution in [3.8, 4) is 0 Å². The average Bonchev–Trinajstić information content (AvgIpc) is 3.16. The van der Waals surface area contributed by atoms with Crippen LogP contribution in [-0.2, 0) is 6.54 Å². The van der Waals surface area contributed by atoms with Crippen molar-refractivity contribution in [1.29, 1.82) is 0 Å². The Labute approximate surface area is 131 Å². The lowest BCUT2D eigenvalue weighted by Crippen LogP contribution is -2.36. The summed E-state index contributed by atoms with van der Waals surface area (Å²) in [6.07, 6.45) is 4.17. The van der Waals surface area contributed by atoms with Gasteiger partial charge in [0, 0.05) is 24.5 Å². The summed E-state index contributed by atoms with van der Waals surface area (Å²) in [7, 11) is 1.92. The van der Waals surface area contributed by atoms with Gasteiger partial charge in [-0.1, -0.05) is 0 Å². The summed E-state index contributed by atoms with van der Waals surface area (Å²) >= 11 is 0. The monoisotopic (exact) mass is 300 g/mol. The molecule has 4 nitrogen and oxygen atoms in total. The normalized spacial score (nSPS) is 15.8. The highest BCUT2D eigenvalue weighted by Crippen LogP contribution is 2.35. The van der Waals surface area contributed by atoms with Crippen LogP contribution in [0.5, 0.6) is 0 Å². The van der Waals surface area contributed by atoms with Gasteiger partial charge in [0.05, 0.1) is 18.4 Å². The van der Waals surface area contributed by atoms with E-state index in [2.05, 4.69) is 11.5 Å². The first-order valence-corrected chi connectivity index (χ1v) is 7.95. The van der Waals surface area contributed by atoms with Crippen LogP contribution in [0.1, 0.15) is 47.3 Å². The van der Waals surface area contributed by atoms with Crippen LogP contribution in [0.2, 0.25) is 0 Å². The molecule has 1 aliphatic carbocycles. The van der Waals surface area contributed by atoms with Gasteiger partial charge in [-0.25, -0.2) is 0 Å². The molecule has 0 bridgehead atoms. The zero-order valence-electron chi connectivity index (χ0n) is 13.8. The fourth-order valence-electron chi connectivity index (χ4n) is 3.09. The zero-order valence-corrected chi connectivity index (χ0v) is 13.8. The van der Waals surface area contributed by atoms with E-state index in [0.717, 1.165) is 22.7 Å². The largest absolute Gasteiger partial charge is 0.467 e. The van der Waals surface area contributed by atoms with Crippen molar-refractivity contribution in [2.45, 2.75) is 46.2 Å². The Morgan fingerprint density at radius 3 is 2.77 bits per heavy atom. The van der Waals surface area contributed by atoms with Gasteiger partial charge in [-0.05, 0) is 57.7 Å². The third-order valence-corrected chi connectivity index (χ3v) is 4.93. The molecule has 4 heteroatoms. The smallest absolute Gasteiger partial charge is 0.255 e. The topological polar surface area (TPSA) is 38.4 Å². The second-order valence-electron chi connectivity index (χ2n) is 6.44. The number of aryl methyl sites for hydroxylation is 1. The molecular weight excluding hydrogens is 276 g/mol. The van der Waals surface area contributed by atoms with E-state index < -0.39 is 0 Å². The van der Waals surface area contributed by atoms with Crippen LogP contribution in [0.4, 0.5) is 0 Å². The molecule has 3 rings (SSSR count). The summed E-state index contributed by atoms with van der Waals surface area (Å²) in [5, 5.41) is 0. The summed E-state index contributed by atoms with van der Waals surface area (Å²) in [6, 6.07) is 6.17. The Kier molecular flexibility index (Phi) is 3.85. The average molecular weight is 300 g/mol. The third-order valence-electron chi connectivity index (χ3n) is 4.93. The molecule has 0 aliphatic heterocycles. The molecule has 2 aromatic heterocycles. The second kappa shape index (κ2) is 5.67. The quantitative estimate of drug-likeness (QED) is 0.846. The Hall–Kier alpha value is -1.97. The minimum Gasteiger partial charge on any atom is -0.467 e. The van der Waals surface area contributed by atoms with Crippen molar-refractivity contribution in [2.75, 3.05) is 7.05 Å². The molecule has 0 radical (unpaired) electrons. The van der Waals surface area contributed by atoms with Crippen molar-refractivity contribution in [3.05, 3.63) is 47.2 Å². The van der Waals surface area contributed by atoms with E-state index in [1.54, 1.807) is 6.26 Å². The van der Waals surface area contributed by atoms with Crippen molar-refractivity contribution in [3.63, 3.8) is 0 Å². The number of furan rings is 1. The van der Waals surface area contributed by atoms with Crippen molar-refractivity contribution in [1.82, 2.24) is 9.47 Å². The maximum absolute atomic E-state index is 12.8. The van der Waals surface area contributed by atoms with Crippen LogP contribution in [0.3, 0.4) is 0 Å². The van der Waals surface area contributed by atoms with E-state index in [4.69, 9.17) is 4.42 Å². The Morgan fingerprint density at radius 2 is 2.18 bits per heavy atom. The molecule has 1 amide bonds. The van der Waals surface area contributed by atoms with E-state index in [-0.39, 0.29) is 5.91 Å². The molecule has 1 unspecified atom stereocenters. The Morgan fingerprint density at radius 1 is 1.45 bits per heavy atom. The number of hydrogen-bond acceptors (Lipinski definition) is 2. The number of amides is 1. The molecule has 1 aliphatic rings. The lowest BCUT2D eigenvalue weighted by Gasteiger charge is -2.25. The maximum Gasteiger partial charge on any atom is 0.255 e. The molecule has 0 saturated heterocycles. The van der Waals surface area contributed by atoms with Crippen LogP contribution >= 0.6 is 0 Å². The number of rotatable bonds is 5. The van der Waals surface area contributed by atoms with Gasteiger partial charge in [0.15, 0.2) is 0 Å². The highest BCUT2D eigenvalue weighted by molar-refractivity contribution is 5.95. The lowest BCUT2D eigenvalue weighted by molar-refractivity contribution is 0.0726. The highest BCUT2D eigenvalue weighted by Gasteiger charge is 2.33. The molecule has 22 heavy (non-hydrogen) atoms. The predicted molar refractivity (Wildman–Crippen MR) is 86.0 cm³/mol. The van der Waals surface area contributed by atoms with Crippen LogP contribution in [-0.4, -0.2) is 28.5 Å².